The summed E-state index contributed by atoms with van der Waals surface area (Å²) >= 11 is 0. The highest BCUT2D eigenvalue weighted by atomic mass is 16.6. The van der Waals surface area contributed by atoms with E-state index in [9.17, 15) is 14.9 Å². The van der Waals surface area contributed by atoms with Crippen LogP contribution >= 0.6 is 0 Å². The van der Waals surface area contributed by atoms with Gasteiger partial charge in [0.25, 0.3) is 0 Å². The van der Waals surface area contributed by atoms with Gasteiger partial charge in [-0.25, -0.2) is 0 Å². The molecule has 1 rings (SSSR count). The summed E-state index contributed by atoms with van der Waals surface area (Å²) < 4.78 is 9.90. The fourth-order valence-electron chi connectivity index (χ4n) is 1.65. The Labute approximate surface area is 116 Å². The van der Waals surface area contributed by atoms with Crippen LogP contribution in [0.2, 0.25) is 0 Å². The van der Waals surface area contributed by atoms with E-state index in [1.54, 1.807) is 6.07 Å². The van der Waals surface area contributed by atoms with Gasteiger partial charge in [0.05, 0.1) is 18.6 Å². The van der Waals surface area contributed by atoms with Gasteiger partial charge in [-0.15, -0.1) is 0 Å². The van der Waals surface area contributed by atoms with Crippen molar-refractivity contribution in [2.24, 2.45) is 5.73 Å². The van der Waals surface area contributed by atoms with Crippen molar-refractivity contribution < 1.29 is 19.2 Å². The zero-order chi connectivity index (χ0) is 15.1. The summed E-state index contributed by atoms with van der Waals surface area (Å²) in [5, 5.41) is 10.9. The average molecular weight is 282 g/mol. The molecule has 7 heteroatoms. The van der Waals surface area contributed by atoms with Gasteiger partial charge in [0.1, 0.15) is 6.04 Å². The smallest absolute Gasteiger partial charge is 0.322 e. The van der Waals surface area contributed by atoms with Crippen LogP contribution in [0, 0.1) is 10.1 Å². The van der Waals surface area contributed by atoms with Crippen LogP contribution in [0.1, 0.15) is 18.9 Å². The predicted molar refractivity (Wildman–Crippen MR) is 72.6 cm³/mol. The number of ether oxygens (including phenoxy) is 2. The molecule has 0 saturated heterocycles. The summed E-state index contributed by atoms with van der Waals surface area (Å²) in [4.78, 5) is 21.7. The molecule has 0 saturated carbocycles. The van der Waals surface area contributed by atoms with E-state index in [-0.39, 0.29) is 17.9 Å². The second-order valence-electron chi connectivity index (χ2n) is 4.24. The van der Waals surface area contributed by atoms with Crippen LogP contribution in [0.4, 0.5) is 5.69 Å². The van der Waals surface area contributed by atoms with E-state index in [1.807, 2.05) is 6.92 Å². The van der Waals surface area contributed by atoms with Gasteiger partial charge in [0.2, 0.25) is 0 Å². The molecule has 0 aliphatic heterocycles. The Bertz CT molecular complexity index is 490. The van der Waals surface area contributed by atoms with E-state index < -0.39 is 16.9 Å². The molecule has 1 unspecified atom stereocenters. The minimum absolute atomic E-state index is 0.103. The van der Waals surface area contributed by atoms with Gasteiger partial charge in [-0.2, -0.15) is 0 Å². The number of nitro groups is 1. The normalized spacial score (nSPS) is 11.8. The number of nitrogens with zero attached hydrogens (tertiary/aromatic N) is 1. The number of rotatable bonds is 7. The number of carbonyl (C=O) groups is 1. The third-order valence-corrected chi connectivity index (χ3v) is 2.64. The summed E-state index contributed by atoms with van der Waals surface area (Å²) in [5.74, 6) is -0.342. The Morgan fingerprint density at radius 2 is 2.20 bits per heavy atom. The van der Waals surface area contributed by atoms with Gasteiger partial charge >= 0.3 is 11.7 Å². The van der Waals surface area contributed by atoms with Crippen molar-refractivity contribution in [3.05, 3.63) is 33.9 Å². The Hall–Kier alpha value is -2.15. The molecule has 0 radical (unpaired) electrons. The highest BCUT2D eigenvalue weighted by Gasteiger charge is 2.19. The lowest BCUT2D eigenvalue weighted by Gasteiger charge is -2.11. The fourth-order valence-corrected chi connectivity index (χ4v) is 1.65. The zero-order valence-corrected chi connectivity index (χ0v) is 11.5. The molecule has 20 heavy (non-hydrogen) atoms. The second kappa shape index (κ2) is 7.44. The van der Waals surface area contributed by atoms with Crippen LogP contribution in [0.15, 0.2) is 18.2 Å². The Morgan fingerprint density at radius 3 is 2.75 bits per heavy atom. The van der Waals surface area contributed by atoms with Gasteiger partial charge < -0.3 is 15.2 Å². The molecule has 0 amide bonds. The molecule has 0 aliphatic carbocycles. The fraction of sp³-hybridized carbons (Fsp3) is 0.462. The van der Waals surface area contributed by atoms with Gasteiger partial charge in [0.15, 0.2) is 5.75 Å². The SMILES string of the molecule is CCCOc1cc(CC(N)C(=O)OC)ccc1[N+](=O)[O-]. The van der Waals surface area contributed by atoms with Crippen LogP contribution in [0.3, 0.4) is 0 Å². The van der Waals surface area contributed by atoms with E-state index in [1.165, 1.54) is 19.2 Å². The topological polar surface area (TPSA) is 105 Å². The maximum absolute atomic E-state index is 11.3. The molecule has 110 valence electrons. The number of hydrogen-bond donors (Lipinski definition) is 1. The quantitative estimate of drug-likeness (QED) is 0.460. The van der Waals surface area contributed by atoms with Gasteiger partial charge in [-0.3, -0.25) is 14.9 Å². The van der Waals surface area contributed by atoms with Crippen molar-refractivity contribution in [1.82, 2.24) is 0 Å². The first-order valence-corrected chi connectivity index (χ1v) is 6.23. The lowest BCUT2D eigenvalue weighted by atomic mass is 10.1. The second-order valence-corrected chi connectivity index (χ2v) is 4.24. The first kappa shape index (κ1) is 15.9. The number of hydrogen-bond acceptors (Lipinski definition) is 6. The largest absolute Gasteiger partial charge is 0.487 e. The molecular formula is C13H18N2O5. The molecule has 1 aromatic carbocycles. The molecule has 7 nitrogen and oxygen atoms in total. The number of nitrogens with two attached hydrogens (primary N) is 1. The van der Waals surface area contributed by atoms with Crippen LogP contribution in [-0.4, -0.2) is 30.7 Å². The van der Waals surface area contributed by atoms with Crippen LogP contribution < -0.4 is 10.5 Å². The molecular weight excluding hydrogens is 264 g/mol. The van der Waals surface area contributed by atoms with Gasteiger partial charge in [-0.1, -0.05) is 13.0 Å². The molecule has 1 aromatic rings. The van der Waals surface area contributed by atoms with Crippen LogP contribution in [0.5, 0.6) is 5.75 Å². The maximum Gasteiger partial charge on any atom is 0.322 e. The highest BCUT2D eigenvalue weighted by molar-refractivity contribution is 5.75. The highest BCUT2D eigenvalue weighted by Crippen LogP contribution is 2.28. The van der Waals surface area contributed by atoms with Crippen molar-refractivity contribution in [3.63, 3.8) is 0 Å². The summed E-state index contributed by atoms with van der Waals surface area (Å²) in [6.07, 6.45) is 0.968. The minimum Gasteiger partial charge on any atom is -0.487 e. The van der Waals surface area contributed by atoms with Crippen molar-refractivity contribution in [2.45, 2.75) is 25.8 Å². The Morgan fingerprint density at radius 1 is 1.50 bits per heavy atom. The Kier molecular flexibility index (Phi) is 5.92. The average Bonchev–Trinajstić information content (AvgIpc) is 2.43. The number of carbonyl (C=O) groups excluding carboxylic acids is 1. The van der Waals surface area contributed by atoms with E-state index in [2.05, 4.69) is 4.74 Å². The van der Waals surface area contributed by atoms with Crippen molar-refractivity contribution >= 4 is 11.7 Å². The Balaban J connectivity index is 2.93. The third-order valence-electron chi connectivity index (χ3n) is 2.64. The predicted octanol–water partition coefficient (Wildman–Crippen LogP) is 1.43. The van der Waals surface area contributed by atoms with Gasteiger partial charge in [0, 0.05) is 6.07 Å². The van der Waals surface area contributed by atoms with E-state index in [0.29, 0.717) is 12.2 Å². The molecule has 1 atom stereocenters. The molecule has 0 spiro atoms. The lowest BCUT2D eigenvalue weighted by molar-refractivity contribution is -0.385. The number of methoxy groups -OCH3 is 1. The van der Waals surface area contributed by atoms with Crippen LogP contribution in [0.25, 0.3) is 0 Å². The van der Waals surface area contributed by atoms with Crippen molar-refractivity contribution in [1.29, 1.82) is 0 Å². The number of nitro benzene ring substituents is 1. The first-order valence-electron chi connectivity index (χ1n) is 6.23. The number of esters is 1. The van der Waals surface area contributed by atoms with E-state index in [0.717, 1.165) is 6.42 Å². The van der Waals surface area contributed by atoms with Crippen molar-refractivity contribution in [2.75, 3.05) is 13.7 Å². The standard InChI is InChI=1S/C13H18N2O5/c1-3-6-20-12-8-9(4-5-11(12)15(17)18)7-10(14)13(16)19-2/h4-5,8,10H,3,6-7,14H2,1-2H3. The summed E-state index contributed by atoms with van der Waals surface area (Å²) in [7, 11) is 1.26. The summed E-state index contributed by atoms with van der Waals surface area (Å²) in [6.45, 7) is 2.29. The zero-order valence-electron chi connectivity index (χ0n) is 11.5. The molecule has 0 bridgehead atoms. The lowest BCUT2D eigenvalue weighted by Crippen LogP contribution is -2.33. The third kappa shape index (κ3) is 4.20. The van der Waals surface area contributed by atoms with Crippen LogP contribution in [-0.2, 0) is 16.0 Å². The summed E-state index contributed by atoms with van der Waals surface area (Å²) in [6, 6.07) is 3.64. The molecule has 0 aromatic heterocycles. The molecule has 0 heterocycles. The monoisotopic (exact) mass is 282 g/mol. The molecule has 0 aliphatic rings. The van der Waals surface area contributed by atoms with E-state index in [4.69, 9.17) is 10.5 Å². The first-order chi connectivity index (χ1) is 9.49. The minimum atomic E-state index is -0.805. The van der Waals surface area contributed by atoms with Gasteiger partial charge in [-0.05, 0) is 24.5 Å². The molecule has 2 N–H and O–H groups in total. The van der Waals surface area contributed by atoms with Crippen molar-refractivity contribution in [3.8, 4) is 5.75 Å². The molecule has 0 fully saturated rings. The summed E-state index contributed by atoms with van der Waals surface area (Å²) in [5.41, 5.74) is 6.24. The maximum atomic E-state index is 11.3. The number of benzene rings is 1. The van der Waals surface area contributed by atoms with E-state index >= 15 is 0 Å².